The molecule has 0 spiro atoms. The predicted octanol–water partition coefficient (Wildman–Crippen LogP) is 2.61. The Kier molecular flexibility index (Phi) is 4.30. The van der Waals surface area contributed by atoms with E-state index in [1.54, 1.807) is 11.8 Å². The summed E-state index contributed by atoms with van der Waals surface area (Å²) < 4.78 is 4.73. The highest BCUT2D eigenvalue weighted by molar-refractivity contribution is 7.99. The SMILES string of the molecule is COC(=O)CC1(CSc2ccc(CO)cc2)CC1. The van der Waals surface area contributed by atoms with E-state index in [9.17, 15) is 4.79 Å². The topological polar surface area (TPSA) is 46.5 Å². The number of methoxy groups -OCH3 is 1. The maximum absolute atomic E-state index is 11.3. The summed E-state index contributed by atoms with van der Waals surface area (Å²) >= 11 is 1.77. The fourth-order valence-corrected chi connectivity index (χ4v) is 3.05. The molecule has 4 heteroatoms. The van der Waals surface area contributed by atoms with Gasteiger partial charge < -0.3 is 9.84 Å². The average molecular weight is 266 g/mol. The number of ether oxygens (including phenoxy) is 1. The molecule has 0 radical (unpaired) electrons. The van der Waals surface area contributed by atoms with Crippen LogP contribution in [0.15, 0.2) is 29.2 Å². The van der Waals surface area contributed by atoms with E-state index in [1.807, 2.05) is 24.3 Å². The summed E-state index contributed by atoms with van der Waals surface area (Å²) in [6.07, 6.45) is 2.76. The highest BCUT2D eigenvalue weighted by Crippen LogP contribution is 2.52. The van der Waals surface area contributed by atoms with Crippen molar-refractivity contribution in [2.75, 3.05) is 12.9 Å². The number of esters is 1. The lowest BCUT2D eigenvalue weighted by Gasteiger charge is -2.13. The van der Waals surface area contributed by atoms with E-state index in [0.717, 1.165) is 24.2 Å². The number of rotatable bonds is 6. The predicted molar refractivity (Wildman–Crippen MR) is 71.4 cm³/mol. The lowest BCUT2D eigenvalue weighted by atomic mass is 10.1. The van der Waals surface area contributed by atoms with E-state index in [2.05, 4.69) is 0 Å². The van der Waals surface area contributed by atoms with Crippen LogP contribution in [0.1, 0.15) is 24.8 Å². The molecule has 1 aliphatic rings. The highest BCUT2D eigenvalue weighted by atomic mass is 32.2. The maximum Gasteiger partial charge on any atom is 0.306 e. The molecule has 0 aliphatic heterocycles. The quantitative estimate of drug-likeness (QED) is 0.635. The van der Waals surface area contributed by atoms with Gasteiger partial charge in [-0.1, -0.05) is 12.1 Å². The second-order valence-corrected chi connectivity index (χ2v) is 5.89. The molecule has 1 aliphatic carbocycles. The first-order valence-corrected chi connectivity index (χ1v) is 7.05. The Bertz CT molecular complexity index is 410. The number of aliphatic hydroxyl groups excluding tert-OH is 1. The lowest BCUT2D eigenvalue weighted by Crippen LogP contribution is -2.12. The molecule has 1 aromatic rings. The third-order valence-corrected chi connectivity index (χ3v) is 4.72. The molecule has 0 unspecified atom stereocenters. The van der Waals surface area contributed by atoms with Gasteiger partial charge in [0.1, 0.15) is 0 Å². The fraction of sp³-hybridized carbons (Fsp3) is 0.500. The van der Waals surface area contributed by atoms with Gasteiger partial charge in [-0.25, -0.2) is 0 Å². The van der Waals surface area contributed by atoms with Crippen molar-refractivity contribution in [3.05, 3.63) is 29.8 Å². The van der Waals surface area contributed by atoms with Crippen molar-refractivity contribution in [2.24, 2.45) is 5.41 Å². The van der Waals surface area contributed by atoms with Gasteiger partial charge in [-0.3, -0.25) is 4.79 Å². The molecular formula is C14H18O3S. The smallest absolute Gasteiger partial charge is 0.306 e. The Balaban J connectivity index is 1.85. The first-order valence-electron chi connectivity index (χ1n) is 6.07. The molecule has 0 heterocycles. The Morgan fingerprint density at radius 3 is 2.56 bits per heavy atom. The van der Waals surface area contributed by atoms with Crippen LogP contribution in [-0.4, -0.2) is 23.9 Å². The van der Waals surface area contributed by atoms with Crippen molar-refractivity contribution in [1.82, 2.24) is 0 Å². The standard InChI is InChI=1S/C14H18O3S/c1-17-13(16)8-14(6-7-14)10-18-12-4-2-11(9-15)3-5-12/h2-5,15H,6-10H2,1H3. The van der Waals surface area contributed by atoms with Gasteiger partial charge in [-0.15, -0.1) is 11.8 Å². The molecule has 98 valence electrons. The molecule has 1 N–H and O–H groups in total. The summed E-state index contributed by atoms with van der Waals surface area (Å²) in [6, 6.07) is 7.90. The van der Waals surface area contributed by atoms with Crippen molar-refractivity contribution in [3.8, 4) is 0 Å². The number of hydrogen-bond donors (Lipinski definition) is 1. The number of carbonyl (C=O) groups is 1. The molecule has 1 saturated carbocycles. The third kappa shape index (κ3) is 3.50. The Labute approximate surface area is 112 Å². The van der Waals surface area contributed by atoms with Crippen molar-refractivity contribution in [2.45, 2.75) is 30.8 Å². The number of carbonyl (C=O) groups excluding carboxylic acids is 1. The third-order valence-electron chi connectivity index (χ3n) is 3.36. The summed E-state index contributed by atoms with van der Waals surface area (Å²) in [5, 5.41) is 8.97. The second kappa shape index (κ2) is 5.76. The van der Waals surface area contributed by atoms with Crippen LogP contribution in [0.5, 0.6) is 0 Å². The van der Waals surface area contributed by atoms with E-state index in [-0.39, 0.29) is 18.0 Å². The molecule has 18 heavy (non-hydrogen) atoms. The number of thioether (sulfide) groups is 1. The molecule has 2 rings (SSSR count). The summed E-state index contributed by atoms with van der Waals surface area (Å²) in [4.78, 5) is 12.5. The van der Waals surface area contributed by atoms with Gasteiger partial charge in [0.15, 0.2) is 0 Å². The number of aliphatic hydroxyl groups is 1. The highest BCUT2D eigenvalue weighted by Gasteiger charge is 2.44. The molecule has 1 aromatic carbocycles. The minimum atomic E-state index is -0.108. The van der Waals surface area contributed by atoms with E-state index >= 15 is 0 Å². The van der Waals surface area contributed by atoms with Gasteiger partial charge in [-0.05, 0) is 36.0 Å². The zero-order chi connectivity index (χ0) is 13.0. The monoisotopic (exact) mass is 266 g/mol. The normalized spacial score (nSPS) is 16.3. The van der Waals surface area contributed by atoms with E-state index in [0.29, 0.717) is 6.42 Å². The van der Waals surface area contributed by atoms with Gasteiger partial charge in [-0.2, -0.15) is 0 Å². The minimum absolute atomic E-state index is 0.0806. The Hall–Kier alpha value is -1.00. The van der Waals surface area contributed by atoms with Crippen molar-refractivity contribution < 1.29 is 14.6 Å². The molecule has 1 fully saturated rings. The van der Waals surface area contributed by atoms with Crippen LogP contribution in [0.25, 0.3) is 0 Å². The second-order valence-electron chi connectivity index (χ2n) is 4.84. The zero-order valence-electron chi connectivity index (χ0n) is 10.5. The van der Waals surface area contributed by atoms with E-state index in [4.69, 9.17) is 9.84 Å². The van der Waals surface area contributed by atoms with Crippen molar-refractivity contribution >= 4 is 17.7 Å². The summed E-state index contributed by atoms with van der Waals surface area (Å²) in [7, 11) is 1.44. The Morgan fingerprint density at radius 1 is 1.39 bits per heavy atom. The van der Waals surface area contributed by atoms with Crippen LogP contribution in [0.3, 0.4) is 0 Å². The number of benzene rings is 1. The molecular weight excluding hydrogens is 248 g/mol. The lowest BCUT2D eigenvalue weighted by molar-refractivity contribution is -0.141. The molecule has 0 amide bonds. The summed E-state index contributed by atoms with van der Waals surface area (Å²) in [5.74, 6) is 0.851. The van der Waals surface area contributed by atoms with Gasteiger partial charge in [0, 0.05) is 10.6 Å². The Morgan fingerprint density at radius 2 is 2.06 bits per heavy atom. The molecule has 3 nitrogen and oxygen atoms in total. The first-order chi connectivity index (χ1) is 8.67. The first kappa shape index (κ1) is 13.4. The van der Waals surface area contributed by atoms with Crippen LogP contribution in [-0.2, 0) is 16.1 Å². The molecule has 0 bridgehead atoms. The van der Waals surface area contributed by atoms with Gasteiger partial charge in [0.05, 0.1) is 20.1 Å². The minimum Gasteiger partial charge on any atom is -0.469 e. The maximum atomic E-state index is 11.3. The van der Waals surface area contributed by atoms with Crippen LogP contribution in [0, 0.1) is 5.41 Å². The largest absolute Gasteiger partial charge is 0.469 e. The van der Waals surface area contributed by atoms with Gasteiger partial charge >= 0.3 is 5.97 Å². The molecule has 0 saturated heterocycles. The van der Waals surface area contributed by atoms with E-state index in [1.165, 1.54) is 12.0 Å². The van der Waals surface area contributed by atoms with Gasteiger partial charge in [0.2, 0.25) is 0 Å². The summed E-state index contributed by atoms with van der Waals surface area (Å²) in [6.45, 7) is 0.0806. The van der Waals surface area contributed by atoms with Crippen LogP contribution < -0.4 is 0 Å². The van der Waals surface area contributed by atoms with Crippen molar-refractivity contribution in [3.63, 3.8) is 0 Å². The van der Waals surface area contributed by atoms with Crippen molar-refractivity contribution in [1.29, 1.82) is 0 Å². The van der Waals surface area contributed by atoms with Crippen LogP contribution in [0.4, 0.5) is 0 Å². The average Bonchev–Trinajstić information content (AvgIpc) is 3.17. The van der Waals surface area contributed by atoms with Crippen LogP contribution >= 0.6 is 11.8 Å². The molecule has 0 atom stereocenters. The zero-order valence-corrected chi connectivity index (χ0v) is 11.3. The number of hydrogen-bond acceptors (Lipinski definition) is 4. The summed E-state index contributed by atoms with van der Waals surface area (Å²) in [5.41, 5.74) is 1.09. The van der Waals surface area contributed by atoms with Gasteiger partial charge in [0.25, 0.3) is 0 Å². The fourth-order valence-electron chi connectivity index (χ4n) is 1.85. The van der Waals surface area contributed by atoms with E-state index < -0.39 is 0 Å². The molecule has 0 aromatic heterocycles. The van der Waals surface area contributed by atoms with Crippen LogP contribution in [0.2, 0.25) is 0 Å².